The van der Waals surface area contributed by atoms with Crippen LogP contribution in [0.15, 0.2) is 36.4 Å². The third kappa shape index (κ3) is 11.6. The molecule has 2 aromatic rings. The SMILES string of the molecule is [B]c1ccc(CCCC(C)CCCC(C)C)cc1-c1cc(OCCC(C)CCCC(C)C)ccc1[B]. The van der Waals surface area contributed by atoms with Crippen molar-refractivity contribution in [2.24, 2.45) is 23.7 Å². The van der Waals surface area contributed by atoms with Crippen molar-refractivity contribution in [1.82, 2.24) is 0 Å². The van der Waals surface area contributed by atoms with Crippen LogP contribution in [-0.2, 0) is 6.42 Å². The molecule has 0 aromatic heterocycles. The summed E-state index contributed by atoms with van der Waals surface area (Å²) in [6.45, 7) is 14.7. The second-order valence-corrected chi connectivity index (χ2v) is 12.1. The third-order valence-electron chi connectivity index (χ3n) is 7.43. The molecule has 0 bridgehead atoms. The molecule has 0 amide bonds. The van der Waals surface area contributed by atoms with E-state index in [4.69, 9.17) is 20.4 Å². The smallest absolute Gasteiger partial charge is 0.119 e. The van der Waals surface area contributed by atoms with Gasteiger partial charge in [-0.15, -0.1) is 0 Å². The van der Waals surface area contributed by atoms with Gasteiger partial charge in [0.1, 0.15) is 21.4 Å². The number of hydrogen-bond acceptors (Lipinski definition) is 1. The molecule has 36 heavy (non-hydrogen) atoms. The van der Waals surface area contributed by atoms with E-state index in [0.29, 0.717) is 5.92 Å². The molecule has 0 aliphatic heterocycles. The van der Waals surface area contributed by atoms with Crippen molar-refractivity contribution < 1.29 is 4.74 Å². The van der Waals surface area contributed by atoms with Crippen LogP contribution in [0.25, 0.3) is 11.1 Å². The Morgan fingerprint density at radius 3 is 1.75 bits per heavy atom. The zero-order valence-corrected chi connectivity index (χ0v) is 24.1. The topological polar surface area (TPSA) is 9.23 Å². The number of rotatable bonds is 17. The summed E-state index contributed by atoms with van der Waals surface area (Å²) in [5, 5.41) is 0. The third-order valence-corrected chi connectivity index (χ3v) is 7.43. The Balaban J connectivity index is 1.93. The molecule has 0 spiro atoms. The Labute approximate surface area is 226 Å². The predicted molar refractivity (Wildman–Crippen MR) is 161 cm³/mol. The highest BCUT2D eigenvalue weighted by Gasteiger charge is 2.10. The molecule has 2 atom stereocenters. The molecule has 0 fully saturated rings. The van der Waals surface area contributed by atoms with Gasteiger partial charge in [-0.3, -0.25) is 0 Å². The first-order valence-corrected chi connectivity index (χ1v) is 14.6. The van der Waals surface area contributed by atoms with Crippen LogP contribution in [0.4, 0.5) is 0 Å². The van der Waals surface area contributed by atoms with E-state index < -0.39 is 0 Å². The number of ether oxygens (including phenoxy) is 1. The van der Waals surface area contributed by atoms with Crippen molar-refractivity contribution in [2.75, 3.05) is 6.61 Å². The molecule has 2 aromatic carbocycles. The largest absolute Gasteiger partial charge is 0.494 e. The van der Waals surface area contributed by atoms with Crippen molar-refractivity contribution in [1.29, 1.82) is 0 Å². The van der Waals surface area contributed by atoms with Crippen LogP contribution in [0, 0.1) is 23.7 Å². The number of hydrogen-bond donors (Lipinski definition) is 0. The van der Waals surface area contributed by atoms with Crippen LogP contribution in [0.3, 0.4) is 0 Å². The van der Waals surface area contributed by atoms with Crippen LogP contribution in [0.1, 0.15) is 105 Å². The molecule has 2 unspecified atom stereocenters. The lowest BCUT2D eigenvalue weighted by Gasteiger charge is -2.16. The van der Waals surface area contributed by atoms with E-state index in [1.807, 2.05) is 18.2 Å². The first-order chi connectivity index (χ1) is 17.2. The minimum atomic E-state index is 0.683. The lowest BCUT2D eigenvalue weighted by molar-refractivity contribution is 0.276. The van der Waals surface area contributed by atoms with Gasteiger partial charge in [0.05, 0.1) is 6.61 Å². The Morgan fingerprint density at radius 1 is 0.611 bits per heavy atom. The van der Waals surface area contributed by atoms with Crippen molar-refractivity contribution in [3.8, 4) is 16.9 Å². The molecule has 0 aliphatic carbocycles. The summed E-state index contributed by atoms with van der Waals surface area (Å²) in [7, 11) is 12.8. The van der Waals surface area contributed by atoms with E-state index in [1.165, 1.54) is 56.9 Å². The monoisotopic (exact) mass is 484 g/mol. The van der Waals surface area contributed by atoms with Gasteiger partial charge in [0.2, 0.25) is 0 Å². The maximum absolute atomic E-state index is 6.41. The molecule has 0 N–H and O–H groups in total. The average Bonchev–Trinajstić information content (AvgIpc) is 2.81. The normalized spacial score (nSPS) is 13.3. The zero-order valence-electron chi connectivity index (χ0n) is 24.1. The van der Waals surface area contributed by atoms with E-state index in [2.05, 4.69) is 59.7 Å². The summed E-state index contributed by atoms with van der Waals surface area (Å²) < 4.78 is 6.13. The van der Waals surface area contributed by atoms with Crippen molar-refractivity contribution in [3.63, 3.8) is 0 Å². The maximum Gasteiger partial charge on any atom is 0.119 e. The van der Waals surface area contributed by atoms with Crippen molar-refractivity contribution >= 4 is 26.6 Å². The highest BCUT2D eigenvalue weighted by molar-refractivity contribution is 6.40. The fourth-order valence-corrected chi connectivity index (χ4v) is 4.92. The minimum absolute atomic E-state index is 0.683. The average molecular weight is 484 g/mol. The molecule has 0 saturated heterocycles. The lowest BCUT2D eigenvalue weighted by Crippen LogP contribution is -2.15. The van der Waals surface area contributed by atoms with Crippen molar-refractivity contribution in [3.05, 3.63) is 42.0 Å². The Morgan fingerprint density at radius 2 is 1.14 bits per heavy atom. The molecule has 4 radical (unpaired) electrons. The summed E-state index contributed by atoms with van der Waals surface area (Å²) in [6.07, 6.45) is 12.5. The molecule has 0 heterocycles. The standard InChI is InChI=1S/C33H50B2O/c1-24(2)10-7-12-26(5)14-9-15-28-16-18-32(34)30(22-28)31-23-29(17-19-33(31)35)36-21-20-27(6)13-8-11-25(3)4/h16-19,22-27H,7-15,20-21H2,1-6H3. The molecular weight excluding hydrogens is 434 g/mol. The van der Waals surface area contributed by atoms with Crippen LogP contribution in [0.2, 0.25) is 0 Å². The van der Waals surface area contributed by atoms with Crippen LogP contribution in [-0.4, -0.2) is 22.3 Å². The summed E-state index contributed by atoms with van der Waals surface area (Å²) in [5.41, 5.74) is 4.83. The number of benzene rings is 2. The summed E-state index contributed by atoms with van der Waals surface area (Å²) in [4.78, 5) is 0. The maximum atomic E-state index is 6.41. The Bertz CT molecular complexity index is 816. The molecule has 1 nitrogen and oxygen atoms in total. The molecule has 194 valence electrons. The van der Waals surface area contributed by atoms with Crippen LogP contribution < -0.4 is 15.7 Å². The highest BCUT2D eigenvalue weighted by atomic mass is 16.5. The predicted octanol–water partition coefficient (Wildman–Crippen LogP) is 7.96. The fourth-order valence-electron chi connectivity index (χ4n) is 4.92. The quantitative estimate of drug-likeness (QED) is 0.207. The van der Waals surface area contributed by atoms with Gasteiger partial charge in [-0.25, -0.2) is 0 Å². The molecule has 2 rings (SSSR count). The van der Waals surface area contributed by atoms with Gasteiger partial charge in [0.15, 0.2) is 0 Å². The number of aryl methyl sites for hydroxylation is 1. The molecule has 3 heteroatoms. The van der Waals surface area contributed by atoms with Crippen LogP contribution in [0.5, 0.6) is 5.75 Å². The second kappa shape index (κ2) is 16.3. The Kier molecular flexibility index (Phi) is 13.8. The minimum Gasteiger partial charge on any atom is -0.494 e. The van der Waals surface area contributed by atoms with E-state index >= 15 is 0 Å². The first kappa shape index (κ1) is 30.6. The van der Waals surface area contributed by atoms with E-state index in [9.17, 15) is 0 Å². The van der Waals surface area contributed by atoms with E-state index in [0.717, 1.165) is 65.0 Å². The molecule has 0 aliphatic rings. The lowest BCUT2D eigenvalue weighted by atomic mass is 9.80. The van der Waals surface area contributed by atoms with Gasteiger partial charge in [0, 0.05) is 0 Å². The van der Waals surface area contributed by atoms with Gasteiger partial charge in [-0.05, 0) is 71.8 Å². The Hall–Kier alpha value is -1.63. The first-order valence-electron chi connectivity index (χ1n) is 14.6. The molecule has 0 saturated carbocycles. The zero-order chi connectivity index (χ0) is 26.5. The highest BCUT2D eigenvalue weighted by Crippen LogP contribution is 2.24. The second-order valence-electron chi connectivity index (χ2n) is 12.1. The van der Waals surface area contributed by atoms with Crippen LogP contribution >= 0.6 is 0 Å². The van der Waals surface area contributed by atoms with Gasteiger partial charge in [-0.2, -0.15) is 0 Å². The fraction of sp³-hybridized carbons (Fsp3) is 0.636. The summed E-state index contributed by atoms with van der Waals surface area (Å²) >= 11 is 0. The summed E-state index contributed by atoms with van der Waals surface area (Å²) in [6, 6.07) is 12.4. The van der Waals surface area contributed by atoms with Gasteiger partial charge >= 0.3 is 0 Å². The van der Waals surface area contributed by atoms with Gasteiger partial charge < -0.3 is 4.74 Å². The van der Waals surface area contributed by atoms with Gasteiger partial charge in [-0.1, -0.05) is 122 Å². The van der Waals surface area contributed by atoms with Crippen molar-refractivity contribution in [2.45, 2.75) is 106 Å². The molecular formula is C33H50B2O. The van der Waals surface area contributed by atoms with E-state index in [1.54, 1.807) is 0 Å². The van der Waals surface area contributed by atoms with Gasteiger partial charge in [0.25, 0.3) is 0 Å². The van der Waals surface area contributed by atoms with E-state index in [-0.39, 0.29) is 0 Å². The summed E-state index contributed by atoms with van der Waals surface area (Å²) in [5.74, 6) is 3.94.